The molecule has 8 heteroatoms. The van der Waals surface area contributed by atoms with Crippen molar-refractivity contribution in [3.05, 3.63) is 22.3 Å². The SMILES string of the molecule is COC(=O)/C(C)=C(C(=O)OC)/C(C(=O)OC)=C(\C)C(=O)OC. The first-order chi connectivity index (χ1) is 10.3. The highest BCUT2D eigenvalue weighted by atomic mass is 16.5. The Hall–Kier alpha value is -2.64. The molecule has 0 amide bonds. The Kier molecular flexibility index (Phi) is 7.57. The summed E-state index contributed by atoms with van der Waals surface area (Å²) in [6.07, 6.45) is 0. The third-order valence-electron chi connectivity index (χ3n) is 2.76. The predicted molar refractivity (Wildman–Crippen MR) is 73.5 cm³/mol. The molecule has 0 spiro atoms. The van der Waals surface area contributed by atoms with Gasteiger partial charge in [-0.15, -0.1) is 0 Å². The van der Waals surface area contributed by atoms with Crippen molar-refractivity contribution in [2.24, 2.45) is 0 Å². The van der Waals surface area contributed by atoms with Gasteiger partial charge in [0.25, 0.3) is 0 Å². The number of carbonyl (C=O) groups excluding carboxylic acids is 4. The van der Waals surface area contributed by atoms with Crippen LogP contribution in [-0.4, -0.2) is 52.3 Å². The second-order valence-electron chi connectivity index (χ2n) is 3.97. The van der Waals surface area contributed by atoms with E-state index in [9.17, 15) is 19.2 Å². The fourth-order valence-corrected chi connectivity index (χ4v) is 1.60. The number of ether oxygens (including phenoxy) is 4. The molecule has 0 aliphatic carbocycles. The van der Waals surface area contributed by atoms with Crippen LogP contribution in [0.1, 0.15) is 13.8 Å². The zero-order chi connectivity index (χ0) is 17.4. The summed E-state index contributed by atoms with van der Waals surface area (Å²) < 4.78 is 18.2. The lowest BCUT2D eigenvalue weighted by molar-refractivity contribution is -0.141. The molecule has 22 heavy (non-hydrogen) atoms. The maximum atomic E-state index is 12.0. The Morgan fingerprint density at radius 3 is 0.909 bits per heavy atom. The molecule has 0 aromatic heterocycles. The number of esters is 4. The van der Waals surface area contributed by atoms with Crippen LogP contribution in [0.15, 0.2) is 22.3 Å². The Morgan fingerprint density at radius 1 is 0.500 bits per heavy atom. The predicted octanol–water partition coefficient (Wildman–Crippen LogP) is 0.311. The summed E-state index contributed by atoms with van der Waals surface area (Å²) in [5.41, 5.74) is -1.27. The molecule has 8 nitrogen and oxygen atoms in total. The van der Waals surface area contributed by atoms with Gasteiger partial charge >= 0.3 is 23.9 Å². The van der Waals surface area contributed by atoms with Crippen molar-refractivity contribution in [3.8, 4) is 0 Å². The molecular weight excluding hydrogens is 296 g/mol. The minimum absolute atomic E-state index is 0.210. The highest BCUT2D eigenvalue weighted by molar-refractivity contribution is 6.15. The van der Waals surface area contributed by atoms with Crippen LogP contribution in [0.25, 0.3) is 0 Å². The molecular formula is C14H18O8. The van der Waals surface area contributed by atoms with Gasteiger partial charge in [-0.2, -0.15) is 0 Å². The standard InChI is InChI=1S/C14H18O8/c1-7(11(15)19-3)9(13(17)21-5)10(14(18)22-6)8(2)12(16)20-4/h1-6H3/b9-7-,10-8-. The molecule has 0 heterocycles. The third kappa shape index (κ3) is 4.18. The van der Waals surface area contributed by atoms with Gasteiger partial charge in [-0.25, -0.2) is 19.2 Å². The second kappa shape index (κ2) is 8.60. The normalized spacial score (nSPS) is 12.5. The Labute approximate surface area is 127 Å². The van der Waals surface area contributed by atoms with Crippen molar-refractivity contribution in [1.29, 1.82) is 0 Å². The molecule has 0 aliphatic rings. The van der Waals surface area contributed by atoms with Crippen LogP contribution >= 0.6 is 0 Å². The van der Waals surface area contributed by atoms with Gasteiger partial charge in [-0.05, 0) is 13.8 Å². The van der Waals surface area contributed by atoms with Gasteiger partial charge in [-0.1, -0.05) is 0 Å². The van der Waals surface area contributed by atoms with Gasteiger partial charge < -0.3 is 18.9 Å². The van der Waals surface area contributed by atoms with E-state index in [-0.39, 0.29) is 11.1 Å². The van der Waals surface area contributed by atoms with E-state index in [0.29, 0.717) is 0 Å². The van der Waals surface area contributed by atoms with Crippen molar-refractivity contribution in [2.45, 2.75) is 13.8 Å². The molecule has 0 aliphatic heterocycles. The molecule has 0 saturated heterocycles. The molecule has 0 rings (SSSR count). The van der Waals surface area contributed by atoms with Crippen molar-refractivity contribution in [2.75, 3.05) is 28.4 Å². The molecule has 122 valence electrons. The zero-order valence-corrected chi connectivity index (χ0v) is 13.3. The van der Waals surface area contributed by atoms with Crippen LogP contribution in [0, 0.1) is 0 Å². The number of rotatable bonds is 5. The summed E-state index contributed by atoms with van der Waals surface area (Å²) in [4.78, 5) is 47.3. The molecule has 0 saturated carbocycles. The highest BCUT2D eigenvalue weighted by Gasteiger charge is 2.31. The van der Waals surface area contributed by atoms with E-state index in [0.717, 1.165) is 28.4 Å². The van der Waals surface area contributed by atoms with Crippen molar-refractivity contribution < 1.29 is 38.1 Å². The first-order valence-corrected chi connectivity index (χ1v) is 6.02. The van der Waals surface area contributed by atoms with E-state index in [1.165, 1.54) is 13.8 Å². The maximum Gasteiger partial charge on any atom is 0.339 e. The third-order valence-corrected chi connectivity index (χ3v) is 2.76. The molecule has 0 aromatic carbocycles. The first-order valence-electron chi connectivity index (χ1n) is 6.02. The summed E-state index contributed by atoms with van der Waals surface area (Å²) in [6, 6.07) is 0. The van der Waals surface area contributed by atoms with Gasteiger partial charge in [0.05, 0.1) is 39.6 Å². The number of hydrogen-bond donors (Lipinski definition) is 0. The van der Waals surface area contributed by atoms with E-state index < -0.39 is 35.0 Å². The Balaban J connectivity index is 6.60. The molecule has 0 bridgehead atoms. The van der Waals surface area contributed by atoms with E-state index in [1.54, 1.807) is 0 Å². The van der Waals surface area contributed by atoms with Crippen LogP contribution in [0.2, 0.25) is 0 Å². The number of methoxy groups -OCH3 is 4. The van der Waals surface area contributed by atoms with Gasteiger partial charge in [0.2, 0.25) is 0 Å². The summed E-state index contributed by atoms with van der Waals surface area (Å²) in [6.45, 7) is 2.51. The number of hydrogen-bond acceptors (Lipinski definition) is 8. The molecule has 0 N–H and O–H groups in total. The number of carbonyl (C=O) groups is 4. The zero-order valence-electron chi connectivity index (χ0n) is 13.3. The largest absolute Gasteiger partial charge is 0.466 e. The first kappa shape index (κ1) is 19.4. The minimum Gasteiger partial charge on any atom is -0.466 e. The van der Waals surface area contributed by atoms with Crippen molar-refractivity contribution in [1.82, 2.24) is 0 Å². The molecule has 0 radical (unpaired) electrons. The van der Waals surface area contributed by atoms with Crippen molar-refractivity contribution in [3.63, 3.8) is 0 Å². The van der Waals surface area contributed by atoms with Gasteiger partial charge in [0, 0.05) is 11.1 Å². The van der Waals surface area contributed by atoms with E-state index in [4.69, 9.17) is 0 Å². The fourth-order valence-electron chi connectivity index (χ4n) is 1.60. The van der Waals surface area contributed by atoms with Crippen LogP contribution in [0.3, 0.4) is 0 Å². The van der Waals surface area contributed by atoms with Gasteiger partial charge in [-0.3, -0.25) is 0 Å². The van der Waals surface area contributed by atoms with E-state index >= 15 is 0 Å². The van der Waals surface area contributed by atoms with Crippen LogP contribution in [-0.2, 0) is 38.1 Å². The maximum absolute atomic E-state index is 12.0. The van der Waals surface area contributed by atoms with Gasteiger partial charge in [0.1, 0.15) is 0 Å². The van der Waals surface area contributed by atoms with Crippen LogP contribution in [0.5, 0.6) is 0 Å². The second-order valence-corrected chi connectivity index (χ2v) is 3.97. The topological polar surface area (TPSA) is 105 Å². The lowest BCUT2D eigenvalue weighted by Gasteiger charge is -2.14. The Bertz CT molecular complexity index is 503. The summed E-state index contributed by atoms with van der Waals surface area (Å²) in [5.74, 6) is -3.71. The van der Waals surface area contributed by atoms with Gasteiger partial charge in [0.15, 0.2) is 0 Å². The average molecular weight is 314 g/mol. The van der Waals surface area contributed by atoms with E-state index in [1.807, 2.05) is 0 Å². The fraction of sp³-hybridized carbons (Fsp3) is 0.429. The van der Waals surface area contributed by atoms with E-state index in [2.05, 4.69) is 18.9 Å². The summed E-state index contributed by atoms with van der Waals surface area (Å²) in [7, 11) is 4.34. The van der Waals surface area contributed by atoms with Crippen LogP contribution in [0.4, 0.5) is 0 Å². The quantitative estimate of drug-likeness (QED) is 0.309. The Morgan fingerprint density at radius 2 is 0.727 bits per heavy atom. The summed E-state index contributed by atoms with van der Waals surface area (Å²) >= 11 is 0. The average Bonchev–Trinajstić information content (AvgIpc) is 2.55. The molecule has 0 atom stereocenters. The highest BCUT2D eigenvalue weighted by Crippen LogP contribution is 2.23. The summed E-state index contributed by atoms with van der Waals surface area (Å²) in [5, 5.41) is 0. The molecule has 0 fully saturated rings. The molecule has 0 unspecified atom stereocenters. The van der Waals surface area contributed by atoms with Crippen LogP contribution < -0.4 is 0 Å². The monoisotopic (exact) mass is 314 g/mol. The lowest BCUT2D eigenvalue weighted by Crippen LogP contribution is -2.22. The smallest absolute Gasteiger partial charge is 0.339 e. The van der Waals surface area contributed by atoms with Crippen molar-refractivity contribution >= 4 is 23.9 Å². The lowest BCUT2D eigenvalue weighted by atomic mass is 9.96. The minimum atomic E-state index is -0.994. The molecule has 0 aromatic rings.